The first kappa shape index (κ1) is 19.1. The van der Waals surface area contributed by atoms with E-state index in [4.69, 9.17) is 19.0 Å². The topological polar surface area (TPSA) is 73.9 Å². The Morgan fingerprint density at radius 3 is 2.57 bits per heavy atom. The minimum Gasteiger partial charge on any atom is -0.390 e. The van der Waals surface area contributed by atoms with Gasteiger partial charge in [-0.3, -0.25) is 0 Å². The summed E-state index contributed by atoms with van der Waals surface area (Å²) in [5.41, 5.74) is 4.65. The molecule has 0 aromatic rings. The maximum atomic E-state index is 9.97. The monoisotopic (exact) mass is 319 g/mol. The van der Waals surface area contributed by atoms with Gasteiger partial charge in [0.2, 0.25) is 0 Å². The molecule has 1 heterocycles. The summed E-state index contributed by atoms with van der Waals surface area (Å²) < 4.78 is 18.7. The maximum absolute atomic E-state index is 9.97. The number of nitrogens with two attached hydrogens (primary N) is 1. The highest BCUT2D eigenvalue weighted by atomic mass is 28.4. The molecular weight excluding hydrogens is 286 g/mol. The molecule has 126 valence electrons. The Labute approximate surface area is 130 Å². The molecule has 0 spiro atoms. The molecule has 6 heteroatoms. The second-order valence-corrected chi connectivity index (χ2v) is 10.1. The zero-order chi connectivity index (χ0) is 16.3. The fourth-order valence-corrected chi connectivity index (χ4v) is 6.56. The molecule has 1 aliphatic heterocycles. The largest absolute Gasteiger partial charge is 0.501 e. The van der Waals surface area contributed by atoms with Gasteiger partial charge in [0, 0.05) is 24.7 Å². The van der Waals surface area contributed by atoms with Gasteiger partial charge in [0.25, 0.3) is 0 Å². The molecule has 0 amide bonds. The van der Waals surface area contributed by atoms with E-state index < -0.39 is 14.4 Å². The number of hydrogen-bond donors (Lipinski definition) is 2. The van der Waals surface area contributed by atoms with Crippen molar-refractivity contribution in [3.8, 4) is 0 Å². The summed E-state index contributed by atoms with van der Waals surface area (Å²) in [4.78, 5) is 0. The van der Waals surface area contributed by atoms with Crippen LogP contribution in [0.5, 0.6) is 0 Å². The summed E-state index contributed by atoms with van der Waals surface area (Å²) in [5.74, 6) is 0. The van der Waals surface area contributed by atoms with Crippen molar-refractivity contribution < 1.29 is 18.4 Å². The average Bonchev–Trinajstić information content (AvgIpc) is 2.20. The van der Waals surface area contributed by atoms with Crippen molar-refractivity contribution in [2.45, 2.75) is 90.3 Å². The van der Waals surface area contributed by atoms with Gasteiger partial charge in [0.1, 0.15) is 0 Å². The maximum Gasteiger partial charge on any atom is 0.501 e. The van der Waals surface area contributed by atoms with E-state index in [1.807, 2.05) is 6.92 Å². The van der Waals surface area contributed by atoms with Gasteiger partial charge in [-0.2, -0.15) is 0 Å². The van der Waals surface area contributed by atoms with Crippen LogP contribution in [0, 0.1) is 0 Å². The summed E-state index contributed by atoms with van der Waals surface area (Å²) >= 11 is 0. The van der Waals surface area contributed by atoms with Gasteiger partial charge >= 0.3 is 8.80 Å². The number of hydrogen-bond acceptors (Lipinski definition) is 5. The van der Waals surface area contributed by atoms with Crippen LogP contribution in [0.4, 0.5) is 0 Å². The van der Waals surface area contributed by atoms with E-state index in [2.05, 4.69) is 20.8 Å². The fourth-order valence-electron chi connectivity index (χ4n) is 3.12. The van der Waals surface area contributed by atoms with Crippen LogP contribution >= 0.6 is 0 Å². The molecule has 0 aliphatic carbocycles. The SMILES string of the molecule is CC(CC(C)(C)O)O[Si]1(CCCN)OC(C)CC(C)(C)O1. The van der Waals surface area contributed by atoms with Gasteiger partial charge in [-0.15, -0.1) is 0 Å². The molecule has 1 aliphatic rings. The fraction of sp³-hybridized carbons (Fsp3) is 1.00. The molecule has 0 radical (unpaired) electrons. The van der Waals surface area contributed by atoms with E-state index in [0.29, 0.717) is 13.0 Å². The van der Waals surface area contributed by atoms with Crippen LogP contribution in [0.3, 0.4) is 0 Å². The predicted molar refractivity (Wildman–Crippen MR) is 86.0 cm³/mol. The molecule has 1 rings (SSSR count). The van der Waals surface area contributed by atoms with Crippen molar-refractivity contribution in [1.29, 1.82) is 0 Å². The normalized spacial score (nSPS) is 31.1. The van der Waals surface area contributed by atoms with E-state index in [-0.39, 0.29) is 17.8 Å². The molecule has 0 aromatic carbocycles. The van der Waals surface area contributed by atoms with Crippen molar-refractivity contribution in [2.75, 3.05) is 6.54 Å². The highest BCUT2D eigenvalue weighted by molar-refractivity contribution is 6.61. The van der Waals surface area contributed by atoms with Crippen LogP contribution in [-0.4, -0.2) is 43.9 Å². The first-order chi connectivity index (χ1) is 9.47. The van der Waals surface area contributed by atoms with E-state index in [9.17, 15) is 5.11 Å². The van der Waals surface area contributed by atoms with Crippen LogP contribution in [0.1, 0.15) is 60.8 Å². The summed E-state index contributed by atoms with van der Waals surface area (Å²) in [6, 6.07) is 0.730. The summed E-state index contributed by atoms with van der Waals surface area (Å²) in [6.07, 6.45) is 2.23. The van der Waals surface area contributed by atoms with Gasteiger partial charge in [-0.25, -0.2) is 0 Å². The van der Waals surface area contributed by atoms with E-state index in [1.165, 1.54) is 0 Å². The van der Waals surface area contributed by atoms with Crippen molar-refractivity contribution in [3.63, 3.8) is 0 Å². The van der Waals surface area contributed by atoms with Gasteiger partial charge in [0.05, 0.1) is 11.2 Å². The van der Waals surface area contributed by atoms with Crippen molar-refractivity contribution >= 4 is 8.80 Å². The smallest absolute Gasteiger partial charge is 0.390 e. The van der Waals surface area contributed by atoms with E-state index >= 15 is 0 Å². The third-order valence-electron chi connectivity index (χ3n) is 3.45. The van der Waals surface area contributed by atoms with Crippen LogP contribution in [0.2, 0.25) is 6.04 Å². The second kappa shape index (κ2) is 7.06. The molecule has 5 nitrogen and oxygen atoms in total. The molecule has 21 heavy (non-hydrogen) atoms. The van der Waals surface area contributed by atoms with Crippen LogP contribution in [0.15, 0.2) is 0 Å². The van der Waals surface area contributed by atoms with Crippen molar-refractivity contribution in [1.82, 2.24) is 0 Å². The molecular formula is C15H33NO4Si. The molecule has 3 unspecified atom stereocenters. The highest BCUT2D eigenvalue weighted by Crippen LogP contribution is 2.36. The Bertz CT molecular complexity index is 332. The van der Waals surface area contributed by atoms with Crippen LogP contribution in [0.25, 0.3) is 0 Å². The Hall–Kier alpha value is 0.0169. The van der Waals surface area contributed by atoms with Crippen molar-refractivity contribution in [3.05, 3.63) is 0 Å². The Kier molecular flexibility index (Phi) is 6.41. The zero-order valence-corrected chi connectivity index (χ0v) is 15.4. The van der Waals surface area contributed by atoms with Gasteiger partial charge in [-0.1, -0.05) is 0 Å². The lowest BCUT2D eigenvalue weighted by molar-refractivity contribution is -0.105. The first-order valence-electron chi connectivity index (χ1n) is 7.95. The second-order valence-electron chi connectivity index (χ2n) is 7.51. The summed E-state index contributed by atoms with van der Waals surface area (Å²) in [5, 5.41) is 9.97. The van der Waals surface area contributed by atoms with Gasteiger partial charge in [0.15, 0.2) is 0 Å². The Morgan fingerprint density at radius 1 is 1.48 bits per heavy atom. The highest BCUT2D eigenvalue weighted by Gasteiger charge is 2.51. The van der Waals surface area contributed by atoms with Crippen LogP contribution in [-0.2, 0) is 13.3 Å². The summed E-state index contributed by atoms with van der Waals surface area (Å²) in [7, 11) is -2.76. The minimum atomic E-state index is -2.76. The molecule has 1 saturated heterocycles. The summed E-state index contributed by atoms with van der Waals surface area (Å²) in [6.45, 7) is 12.4. The lowest BCUT2D eigenvalue weighted by Crippen LogP contribution is -2.59. The quantitative estimate of drug-likeness (QED) is 0.705. The van der Waals surface area contributed by atoms with Gasteiger partial charge < -0.3 is 24.1 Å². The lowest BCUT2D eigenvalue weighted by atomic mass is 10.0. The number of aliphatic hydroxyl groups is 1. The van der Waals surface area contributed by atoms with E-state index in [0.717, 1.165) is 18.9 Å². The third-order valence-corrected chi connectivity index (χ3v) is 6.80. The molecule has 0 bridgehead atoms. The van der Waals surface area contributed by atoms with Crippen molar-refractivity contribution in [2.24, 2.45) is 5.73 Å². The molecule has 1 fully saturated rings. The first-order valence-corrected chi connectivity index (χ1v) is 9.88. The number of rotatable bonds is 7. The van der Waals surface area contributed by atoms with E-state index in [1.54, 1.807) is 13.8 Å². The Balaban J connectivity index is 2.83. The minimum absolute atomic E-state index is 0.115. The average molecular weight is 320 g/mol. The van der Waals surface area contributed by atoms with Gasteiger partial charge in [-0.05, 0) is 60.9 Å². The predicted octanol–water partition coefficient (Wildman–Crippen LogP) is 2.44. The molecule has 0 aromatic heterocycles. The molecule has 3 N–H and O–H groups in total. The third kappa shape index (κ3) is 6.75. The molecule has 3 atom stereocenters. The Morgan fingerprint density at radius 2 is 2.10 bits per heavy atom. The standard InChI is InChI=1S/C15H33NO4Si/c1-12(10-14(3,4)17)18-21(9-7-8-16)19-13(2)11-15(5,6)20-21/h12-13,17H,7-11,16H2,1-6H3. The lowest BCUT2D eigenvalue weighted by Gasteiger charge is -2.46. The van der Waals surface area contributed by atoms with Crippen LogP contribution < -0.4 is 5.73 Å². The zero-order valence-electron chi connectivity index (χ0n) is 14.4. The molecule has 0 saturated carbocycles.